The summed E-state index contributed by atoms with van der Waals surface area (Å²) in [7, 11) is 0.416. The van der Waals surface area contributed by atoms with Crippen molar-refractivity contribution < 1.29 is 4.74 Å². The van der Waals surface area contributed by atoms with E-state index in [1.54, 1.807) is 7.11 Å². The second-order valence-corrected chi connectivity index (χ2v) is 11.3. The van der Waals surface area contributed by atoms with Crippen molar-refractivity contribution in [3.8, 4) is 5.75 Å². The molecular formula is C19H17IOS. The van der Waals surface area contributed by atoms with Crippen LogP contribution < -0.4 is 4.74 Å². The average molecular weight is 420 g/mol. The van der Waals surface area contributed by atoms with Crippen molar-refractivity contribution in [1.29, 1.82) is 0 Å². The van der Waals surface area contributed by atoms with Crippen LogP contribution in [0.3, 0.4) is 0 Å². The summed E-state index contributed by atoms with van der Waals surface area (Å²) in [4.78, 5) is 4.03. The molecule has 0 spiro atoms. The summed E-state index contributed by atoms with van der Waals surface area (Å²) in [6, 6.07) is 29.9. The number of hydrogen-bond acceptors (Lipinski definition) is 1. The van der Waals surface area contributed by atoms with E-state index >= 15 is 0 Å². The molecule has 22 heavy (non-hydrogen) atoms. The highest BCUT2D eigenvalue weighted by Gasteiger charge is 2.27. The van der Waals surface area contributed by atoms with Crippen molar-refractivity contribution in [1.82, 2.24) is 0 Å². The Balaban J connectivity index is 2.18. The van der Waals surface area contributed by atoms with Gasteiger partial charge >= 0.3 is 0 Å². The van der Waals surface area contributed by atoms with Crippen molar-refractivity contribution in [2.24, 2.45) is 0 Å². The number of benzene rings is 3. The van der Waals surface area contributed by atoms with E-state index in [1.807, 2.05) is 12.1 Å². The maximum absolute atomic E-state index is 5.30. The van der Waals surface area contributed by atoms with Crippen LogP contribution in [0.5, 0.6) is 5.75 Å². The van der Waals surface area contributed by atoms with Gasteiger partial charge in [0.1, 0.15) is 5.75 Å². The minimum absolute atomic E-state index is 0.892. The highest BCUT2D eigenvalue weighted by molar-refractivity contribution is 14.2. The van der Waals surface area contributed by atoms with Crippen LogP contribution >= 0.6 is 28.4 Å². The lowest BCUT2D eigenvalue weighted by molar-refractivity contribution is 0.414. The predicted octanol–water partition coefficient (Wildman–Crippen LogP) is 6.33. The number of hydrogen-bond donors (Lipinski definition) is 0. The van der Waals surface area contributed by atoms with Gasteiger partial charge in [-0.3, -0.25) is 0 Å². The highest BCUT2D eigenvalue weighted by atomic mass is 127. The molecule has 0 amide bonds. The summed E-state index contributed by atoms with van der Waals surface area (Å²) in [5.74, 6) is 0.892. The Hall–Kier alpha value is -1.46. The van der Waals surface area contributed by atoms with Crippen LogP contribution in [-0.4, -0.2) is 7.11 Å². The van der Waals surface area contributed by atoms with Crippen LogP contribution in [0, 0.1) is 0 Å². The number of ether oxygens (including phenoxy) is 1. The summed E-state index contributed by atoms with van der Waals surface area (Å²) in [6.07, 6.45) is 0. The molecule has 0 N–H and O–H groups in total. The number of rotatable bonds is 4. The van der Waals surface area contributed by atoms with Gasteiger partial charge in [0.2, 0.25) is 0 Å². The Kier molecular flexibility index (Phi) is 4.74. The van der Waals surface area contributed by atoms with Crippen molar-refractivity contribution in [2.45, 2.75) is 14.7 Å². The number of halogens is 1. The SMILES string of the molecule is COc1ccc(S(I)(c2ccccc2)c2ccccc2)cc1. The molecule has 0 radical (unpaired) electrons. The first-order chi connectivity index (χ1) is 10.7. The molecule has 0 unspecified atom stereocenters. The van der Waals surface area contributed by atoms with Crippen LogP contribution in [0.2, 0.25) is 0 Å². The van der Waals surface area contributed by atoms with Gasteiger partial charge in [0.05, 0.1) is 7.11 Å². The minimum atomic E-state index is -1.29. The van der Waals surface area contributed by atoms with E-state index in [4.69, 9.17) is 4.74 Å². The lowest BCUT2D eigenvalue weighted by Gasteiger charge is -2.35. The van der Waals surface area contributed by atoms with E-state index in [0.717, 1.165) is 5.75 Å². The molecule has 0 saturated heterocycles. The van der Waals surface area contributed by atoms with E-state index < -0.39 is 7.20 Å². The van der Waals surface area contributed by atoms with Crippen LogP contribution in [0.15, 0.2) is 99.6 Å². The molecule has 3 aromatic rings. The topological polar surface area (TPSA) is 9.23 Å². The zero-order valence-corrected chi connectivity index (χ0v) is 15.3. The van der Waals surface area contributed by atoms with E-state index in [9.17, 15) is 0 Å². The molecule has 0 atom stereocenters. The molecule has 0 aliphatic heterocycles. The van der Waals surface area contributed by atoms with Gasteiger partial charge in [-0.15, -0.1) is 7.20 Å². The van der Waals surface area contributed by atoms with Gasteiger partial charge in [-0.1, -0.05) is 36.4 Å². The molecule has 0 saturated carbocycles. The Morgan fingerprint density at radius 2 is 1.05 bits per heavy atom. The second kappa shape index (κ2) is 6.75. The molecular weight excluding hydrogens is 403 g/mol. The lowest BCUT2D eigenvalue weighted by atomic mass is 10.3. The maximum atomic E-state index is 5.30. The summed E-state index contributed by atoms with van der Waals surface area (Å²) in [6.45, 7) is 0. The van der Waals surface area contributed by atoms with Crippen LogP contribution in [-0.2, 0) is 0 Å². The summed E-state index contributed by atoms with van der Waals surface area (Å²) < 4.78 is 5.30. The molecule has 112 valence electrons. The van der Waals surface area contributed by atoms with E-state index in [-0.39, 0.29) is 0 Å². The normalized spacial score (nSPS) is 11.9. The quantitative estimate of drug-likeness (QED) is 0.449. The Morgan fingerprint density at radius 1 is 0.636 bits per heavy atom. The van der Waals surface area contributed by atoms with Crippen molar-refractivity contribution >= 4 is 28.4 Å². The van der Waals surface area contributed by atoms with Crippen molar-refractivity contribution in [2.75, 3.05) is 7.11 Å². The smallest absolute Gasteiger partial charge is 0.118 e. The zero-order valence-electron chi connectivity index (χ0n) is 12.3. The van der Waals surface area contributed by atoms with Gasteiger partial charge in [0.25, 0.3) is 0 Å². The van der Waals surface area contributed by atoms with Crippen molar-refractivity contribution in [3.05, 3.63) is 84.9 Å². The fraction of sp³-hybridized carbons (Fsp3) is 0.0526. The van der Waals surface area contributed by atoms with Crippen LogP contribution in [0.4, 0.5) is 0 Å². The van der Waals surface area contributed by atoms with E-state index in [2.05, 4.69) is 94.0 Å². The largest absolute Gasteiger partial charge is 0.497 e. The van der Waals surface area contributed by atoms with Gasteiger partial charge < -0.3 is 4.74 Å². The molecule has 0 fully saturated rings. The van der Waals surface area contributed by atoms with E-state index in [0.29, 0.717) is 0 Å². The fourth-order valence-corrected chi connectivity index (χ4v) is 7.42. The van der Waals surface area contributed by atoms with Gasteiger partial charge in [-0.25, -0.2) is 0 Å². The molecule has 3 aromatic carbocycles. The Labute approximate surface area is 145 Å². The molecule has 0 bridgehead atoms. The maximum Gasteiger partial charge on any atom is 0.118 e. The first-order valence-corrected chi connectivity index (χ1v) is 11.2. The molecule has 3 heteroatoms. The third kappa shape index (κ3) is 2.88. The minimum Gasteiger partial charge on any atom is -0.497 e. The summed E-state index contributed by atoms with van der Waals surface area (Å²) >= 11 is 2.64. The van der Waals surface area contributed by atoms with Gasteiger partial charge in [-0.05, 0) is 69.7 Å². The average Bonchev–Trinajstić information content (AvgIpc) is 2.62. The third-order valence-electron chi connectivity index (χ3n) is 3.52. The fourth-order valence-electron chi connectivity index (χ4n) is 2.39. The van der Waals surface area contributed by atoms with Gasteiger partial charge in [0, 0.05) is 14.7 Å². The summed E-state index contributed by atoms with van der Waals surface area (Å²) in [5.41, 5.74) is 0. The lowest BCUT2D eigenvalue weighted by Crippen LogP contribution is -1.96. The van der Waals surface area contributed by atoms with E-state index in [1.165, 1.54) is 14.7 Å². The monoisotopic (exact) mass is 420 g/mol. The number of methoxy groups -OCH3 is 1. The predicted molar refractivity (Wildman–Crippen MR) is 102 cm³/mol. The van der Waals surface area contributed by atoms with Crippen LogP contribution in [0.25, 0.3) is 0 Å². The molecule has 0 aliphatic carbocycles. The van der Waals surface area contributed by atoms with Crippen LogP contribution in [0.1, 0.15) is 0 Å². The molecule has 0 aliphatic rings. The second-order valence-electron chi connectivity index (χ2n) is 4.84. The zero-order chi connectivity index (χ0) is 15.4. The molecule has 0 heterocycles. The van der Waals surface area contributed by atoms with Gasteiger partial charge in [-0.2, -0.15) is 0 Å². The Morgan fingerprint density at radius 3 is 1.45 bits per heavy atom. The standard InChI is InChI=1S/C19H17IOS/c1-21-16-12-14-19(15-13-16)22(20,17-8-4-2-5-9-17)18-10-6-3-7-11-18/h2-15H,1H3. The molecule has 1 nitrogen and oxygen atoms in total. The third-order valence-corrected chi connectivity index (χ3v) is 10.9. The first-order valence-electron chi connectivity index (χ1n) is 7.02. The summed E-state index contributed by atoms with van der Waals surface area (Å²) in [5, 5.41) is 0. The molecule has 0 aromatic heterocycles. The van der Waals surface area contributed by atoms with Gasteiger partial charge in [0.15, 0.2) is 0 Å². The molecule has 3 rings (SSSR count). The van der Waals surface area contributed by atoms with Crippen molar-refractivity contribution in [3.63, 3.8) is 0 Å². The first kappa shape index (κ1) is 15.4. The Bertz CT molecular complexity index is 687. The highest BCUT2D eigenvalue weighted by Crippen LogP contribution is 2.74.